The third-order valence-corrected chi connectivity index (χ3v) is 3.95. The Morgan fingerprint density at radius 3 is 2.77 bits per heavy atom. The van der Waals surface area contributed by atoms with E-state index in [4.69, 9.17) is 5.11 Å². The van der Waals surface area contributed by atoms with Gasteiger partial charge in [0, 0.05) is 19.4 Å². The van der Waals surface area contributed by atoms with Crippen LogP contribution in [0.15, 0.2) is 24.3 Å². The van der Waals surface area contributed by atoms with Crippen LogP contribution in [-0.4, -0.2) is 40.6 Å². The fraction of sp³-hybridized carbons (Fsp3) is 0.500. The van der Waals surface area contributed by atoms with Gasteiger partial charge in [-0.3, -0.25) is 4.79 Å². The van der Waals surface area contributed by atoms with Crippen LogP contribution in [0.3, 0.4) is 0 Å². The Balaban J connectivity index is 1.88. The normalized spacial score (nSPS) is 22.6. The van der Waals surface area contributed by atoms with Gasteiger partial charge in [0.05, 0.1) is 6.54 Å². The highest BCUT2D eigenvalue weighted by Crippen LogP contribution is 2.27. The topological polar surface area (TPSA) is 57.6 Å². The number of likely N-dealkylation sites (tertiary alicyclic amines) is 1. The van der Waals surface area contributed by atoms with Gasteiger partial charge < -0.3 is 10.0 Å². The maximum Gasteiger partial charge on any atom is 0.343 e. The number of hydrogen-bond donors (Lipinski definition) is 1. The van der Waals surface area contributed by atoms with Crippen LogP contribution in [0, 0.1) is 11.7 Å². The number of benzene rings is 1. The number of amides is 1. The molecule has 2 unspecified atom stereocenters. The molecule has 1 aromatic carbocycles. The van der Waals surface area contributed by atoms with Crippen molar-refractivity contribution in [2.45, 2.75) is 31.9 Å². The summed E-state index contributed by atoms with van der Waals surface area (Å²) >= 11 is 0. The first-order valence-electron chi connectivity index (χ1n) is 7.25. The molecule has 6 heteroatoms. The van der Waals surface area contributed by atoms with Gasteiger partial charge in [-0.25, -0.2) is 13.6 Å². The molecule has 1 fully saturated rings. The monoisotopic (exact) mass is 311 g/mol. The van der Waals surface area contributed by atoms with Crippen LogP contribution in [0.2, 0.25) is 0 Å². The number of rotatable bonds is 5. The molecule has 0 aromatic heterocycles. The van der Waals surface area contributed by atoms with Crippen molar-refractivity contribution in [2.75, 3.05) is 13.1 Å². The number of carboxylic acids is 1. The van der Waals surface area contributed by atoms with E-state index in [1.807, 2.05) is 6.92 Å². The van der Waals surface area contributed by atoms with Crippen LogP contribution in [0.25, 0.3) is 0 Å². The molecule has 0 bridgehead atoms. The van der Waals surface area contributed by atoms with Gasteiger partial charge in [-0.15, -0.1) is 0 Å². The first-order chi connectivity index (χ1) is 10.3. The summed E-state index contributed by atoms with van der Waals surface area (Å²) in [7, 11) is 0. The summed E-state index contributed by atoms with van der Waals surface area (Å²) in [6, 6.07) is 6.19. The van der Waals surface area contributed by atoms with E-state index < -0.39 is 18.2 Å². The Kier molecular flexibility index (Phi) is 4.78. The minimum Gasteiger partial charge on any atom is -0.479 e. The molecule has 2 rings (SSSR count). The lowest BCUT2D eigenvalue weighted by Crippen LogP contribution is -2.39. The van der Waals surface area contributed by atoms with Crippen molar-refractivity contribution in [1.29, 1.82) is 0 Å². The number of hydrogen-bond acceptors (Lipinski definition) is 2. The Labute approximate surface area is 127 Å². The van der Waals surface area contributed by atoms with Crippen molar-refractivity contribution >= 4 is 11.9 Å². The maximum absolute atomic E-state index is 13.9. The number of carbonyl (C=O) groups excluding carboxylic acids is 1. The predicted octanol–water partition coefficient (Wildman–Crippen LogP) is 2.42. The second kappa shape index (κ2) is 6.42. The number of aliphatic carboxylic acids is 1. The van der Waals surface area contributed by atoms with Crippen molar-refractivity contribution in [2.24, 2.45) is 5.92 Å². The van der Waals surface area contributed by atoms with Crippen LogP contribution in [0.1, 0.15) is 25.3 Å². The average molecular weight is 311 g/mol. The quantitative estimate of drug-likeness (QED) is 0.908. The smallest absolute Gasteiger partial charge is 0.343 e. The zero-order chi connectivity index (χ0) is 16.3. The van der Waals surface area contributed by atoms with Crippen molar-refractivity contribution < 1.29 is 23.5 Å². The number of carbonyl (C=O) groups is 2. The first kappa shape index (κ1) is 16.4. The summed E-state index contributed by atoms with van der Waals surface area (Å²) in [5.74, 6) is -2.13. The molecule has 0 saturated carbocycles. The molecule has 2 atom stereocenters. The Hall–Kier alpha value is -1.98. The minimum absolute atomic E-state index is 0.0336. The van der Waals surface area contributed by atoms with Crippen molar-refractivity contribution in [3.63, 3.8) is 0 Å². The van der Waals surface area contributed by atoms with E-state index in [0.29, 0.717) is 6.42 Å². The Morgan fingerprint density at radius 2 is 2.18 bits per heavy atom. The van der Waals surface area contributed by atoms with E-state index in [2.05, 4.69) is 0 Å². The number of carboxylic acid groups (broad SMARTS) is 1. The molecule has 120 valence electrons. The lowest BCUT2D eigenvalue weighted by molar-refractivity contribution is -0.150. The summed E-state index contributed by atoms with van der Waals surface area (Å²) in [5.41, 5.74) is -1.53. The predicted molar refractivity (Wildman–Crippen MR) is 76.6 cm³/mol. The fourth-order valence-corrected chi connectivity index (χ4v) is 2.73. The molecule has 1 saturated heterocycles. The molecular formula is C16H19F2NO3. The summed E-state index contributed by atoms with van der Waals surface area (Å²) in [6.07, 6.45) is 0.551. The fourth-order valence-electron chi connectivity index (χ4n) is 2.73. The van der Waals surface area contributed by atoms with Crippen molar-refractivity contribution in [1.82, 2.24) is 4.90 Å². The summed E-state index contributed by atoms with van der Waals surface area (Å²) in [6.45, 7) is 1.58. The Morgan fingerprint density at radius 1 is 1.45 bits per heavy atom. The second-order valence-electron chi connectivity index (χ2n) is 5.98. The van der Waals surface area contributed by atoms with Crippen LogP contribution < -0.4 is 0 Å². The SMILES string of the molecule is CC(CC(=O)N1CCC(F)(C(=O)O)C1)Cc1cccc(F)c1. The minimum atomic E-state index is -2.33. The van der Waals surface area contributed by atoms with Crippen molar-refractivity contribution in [3.05, 3.63) is 35.6 Å². The summed E-state index contributed by atoms with van der Waals surface area (Å²) < 4.78 is 27.1. The van der Waals surface area contributed by atoms with E-state index >= 15 is 0 Å². The zero-order valence-corrected chi connectivity index (χ0v) is 12.4. The highest BCUT2D eigenvalue weighted by Gasteiger charge is 2.46. The average Bonchev–Trinajstić information content (AvgIpc) is 2.83. The molecule has 1 N–H and O–H groups in total. The number of halogens is 2. The lowest BCUT2D eigenvalue weighted by Gasteiger charge is -2.20. The summed E-state index contributed by atoms with van der Waals surface area (Å²) in [4.78, 5) is 24.2. The van der Waals surface area contributed by atoms with Gasteiger partial charge in [-0.05, 0) is 30.0 Å². The van der Waals surface area contributed by atoms with E-state index in [1.54, 1.807) is 12.1 Å². The van der Waals surface area contributed by atoms with Crippen LogP contribution in [-0.2, 0) is 16.0 Å². The summed E-state index contributed by atoms with van der Waals surface area (Å²) in [5, 5.41) is 8.83. The van der Waals surface area contributed by atoms with E-state index in [0.717, 1.165) is 5.56 Å². The molecule has 4 nitrogen and oxygen atoms in total. The number of nitrogens with zero attached hydrogens (tertiary/aromatic N) is 1. The van der Waals surface area contributed by atoms with Crippen LogP contribution >= 0.6 is 0 Å². The van der Waals surface area contributed by atoms with Gasteiger partial charge in [0.1, 0.15) is 5.82 Å². The van der Waals surface area contributed by atoms with Gasteiger partial charge in [-0.2, -0.15) is 0 Å². The van der Waals surface area contributed by atoms with Gasteiger partial charge in [0.15, 0.2) is 0 Å². The molecule has 0 radical (unpaired) electrons. The van der Waals surface area contributed by atoms with Gasteiger partial charge in [0.25, 0.3) is 0 Å². The Bertz CT molecular complexity index is 578. The maximum atomic E-state index is 13.9. The van der Waals surface area contributed by atoms with Crippen LogP contribution in [0.4, 0.5) is 8.78 Å². The molecule has 1 aliphatic rings. The van der Waals surface area contributed by atoms with E-state index in [-0.39, 0.29) is 37.0 Å². The standard InChI is InChI=1S/C16H19F2NO3/c1-11(7-12-3-2-4-13(17)9-12)8-14(20)19-6-5-16(18,10-19)15(21)22/h2-4,9,11H,5-8,10H2,1H3,(H,21,22). The zero-order valence-electron chi connectivity index (χ0n) is 12.4. The van der Waals surface area contributed by atoms with Crippen molar-refractivity contribution in [3.8, 4) is 0 Å². The second-order valence-corrected chi connectivity index (χ2v) is 5.98. The highest BCUT2D eigenvalue weighted by molar-refractivity contribution is 5.82. The van der Waals surface area contributed by atoms with Gasteiger partial charge in [-0.1, -0.05) is 19.1 Å². The highest BCUT2D eigenvalue weighted by atomic mass is 19.1. The lowest BCUT2D eigenvalue weighted by atomic mass is 9.97. The molecule has 0 spiro atoms. The third-order valence-electron chi connectivity index (χ3n) is 3.95. The van der Waals surface area contributed by atoms with E-state index in [1.165, 1.54) is 17.0 Å². The van der Waals surface area contributed by atoms with Gasteiger partial charge in [0.2, 0.25) is 11.6 Å². The van der Waals surface area contributed by atoms with Crippen LogP contribution in [0.5, 0.6) is 0 Å². The molecule has 0 aliphatic carbocycles. The molecule has 1 amide bonds. The molecule has 22 heavy (non-hydrogen) atoms. The molecular weight excluding hydrogens is 292 g/mol. The van der Waals surface area contributed by atoms with E-state index in [9.17, 15) is 18.4 Å². The molecule has 1 heterocycles. The number of alkyl halides is 1. The largest absolute Gasteiger partial charge is 0.479 e. The van der Waals surface area contributed by atoms with Gasteiger partial charge >= 0.3 is 5.97 Å². The molecule has 1 aromatic rings. The molecule has 1 aliphatic heterocycles. The third kappa shape index (κ3) is 3.81. The first-order valence-corrected chi connectivity index (χ1v) is 7.25.